The summed E-state index contributed by atoms with van der Waals surface area (Å²) in [5.41, 5.74) is 8.31. The van der Waals surface area contributed by atoms with Crippen LogP contribution in [-0.2, 0) is 17.6 Å². The van der Waals surface area contributed by atoms with E-state index < -0.39 is 0 Å². The Hall–Kier alpha value is -1.37. The maximum atomic E-state index is 13.1. The van der Waals surface area contributed by atoms with Gasteiger partial charge in [-0.1, -0.05) is 29.3 Å². The van der Waals surface area contributed by atoms with Crippen molar-refractivity contribution in [2.75, 3.05) is 0 Å². The molecule has 1 spiro atoms. The Labute approximate surface area is 131 Å². The fourth-order valence-electron chi connectivity index (χ4n) is 6.97. The largest absolute Gasteiger partial charge is 0.299 e. The molecule has 1 fully saturated rings. The highest BCUT2D eigenvalue weighted by molar-refractivity contribution is 5.88. The molecule has 9 bridgehead atoms. The Morgan fingerprint density at radius 3 is 3.00 bits per heavy atom. The molecule has 22 heavy (non-hydrogen) atoms. The summed E-state index contributed by atoms with van der Waals surface area (Å²) in [6.07, 6.45) is 9.63. The van der Waals surface area contributed by atoms with Gasteiger partial charge < -0.3 is 0 Å². The van der Waals surface area contributed by atoms with Crippen LogP contribution in [0.25, 0.3) is 0 Å². The molecule has 1 nitrogen and oxygen atoms in total. The van der Waals surface area contributed by atoms with E-state index in [1.54, 1.807) is 11.1 Å². The van der Waals surface area contributed by atoms with Gasteiger partial charge in [0.2, 0.25) is 0 Å². The predicted molar refractivity (Wildman–Crippen MR) is 85.7 cm³/mol. The van der Waals surface area contributed by atoms with Crippen molar-refractivity contribution < 1.29 is 4.79 Å². The second kappa shape index (κ2) is 3.75. The fourth-order valence-corrected chi connectivity index (χ4v) is 6.97. The summed E-state index contributed by atoms with van der Waals surface area (Å²) in [5.74, 6) is 2.36. The second-order valence-electron chi connectivity index (χ2n) is 8.42. The van der Waals surface area contributed by atoms with Gasteiger partial charge >= 0.3 is 0 Å². The molecule has 1 aromatic rings. The number of ketones is 1. The lowest BCUT2D eigenvalue weighted by Crippen LogP contribution is -2.41. The number of fused-ring (bicyclic) bond motifs is 1. The maximum Gasteiger partial charge on any atom is 0.141 e. The molecule has 112 valence electrons. The Morgan fingerprint density at radius 2 is 2.05 bits per heavy atom. The Balaban J connectivity index is 1.68. The van der Waals surface area contributed by atoms with Crippen molar-refractivity contribution in [3.63, 3.8) is 0 Å². The van der Waals surface area contributed by atoms with E-state index in [0.717, 1.165) is 18.8 Å². The highest BCUT2D eigenvalue weighted by atomic mass is 16.1. The van der Waals surface area contributed by atoms with Crippen LogP contribution in [0, 0.1) is 17.3 Å². The van der Waals surface area contributed by atoms with Crippen molar-refractivity contribution in [3.05, 3.63) is 46.0 Å². The van der Waals surface area contributed by atoms with E-state index in [0.29, 0.717) is 17.6 Å². The summed E-state index contributed by atoms with van der Waals surface area (Å²) < 4.78 is 0. The Bertz CT molecular complexity index is 755. The van der Waals surface area contributed by atoms with E-state index in [9.17, 15) is 4.79 Å². The molecule has 9 rings (SSSR count). The zero-order valence-corrected chi connectivity index (χ0v) is 13.0. The quantitative estimate of drug-likeness (QED) is 0.649. The minimum absolute atomic E-state index is 0.285. The number of allylic oxidation sites excluding steroid dienone is 2. The van der Waals surface area contributed by atoms with Crippen molar-refractivity contribution >= 4 is 5.78 Å². The topological polar surface area (TPSA) is 17.1 Å². The van der Waals surface area contributed by atoms with Gasteiger partial charge in [-0.2, -0.15) is 0 Å². The van der Waals surface area contributed by atoms with Gasteiger partial charge in [0.25, 0.3) is 0 Å². The van der Waals surface area contributed by atoms with Crippen molar-refractivity contribution in [1.29, 1.82) is 0 Å². The van der Waals surface area contributed by atoms with E-state index in [1.165, 1.54) is 55.2 Å². The highest BCUT2D eigenvalue weighted by Gasteiger charge is 2.58. The van der Waals surface area contributed by atoms with Crippen LogP contribution in [0.2, 0.25) is 0 Å². The van der Waals surface area contributed by atoms with Gasteiger partial charge in [0.05, 0.1) is 0 Å². The number of benzene rings is 1. The van der Waals surface area contributed by atoms with Gasteiger partial charge in [0.1, 0.15) is 5.78 Å². The molecule has 1 saturated carbocycles. The van der Waals surface area contributed by atoms with Crippen LogP contribution in [0.4, 0.5) is 0 Å². The molecule has 0 heterocycles. The minimum atomic E-state index is 0.285. The van der Waals surface area contributed by atoms with Gasteiger partial charge in [-0.25, -0.2) is 0 Å². The molecule has 4 unspecified atom stereocenters. The first kappa shape index (κ1) is 12.1. The van der Waals surface area contributed by atoms with Crippen LogP contribution in [0.1, 0.15) is 61.1 Å². The first-order valence-corrected chi connectivity index (χ1v) is 9.12. The number of rotatable bonds is 0. The third kappa shape index (κ3) is 1.23. The lowest BCUT2D eigenvalue weighted by molar-refractivity contribution is -0.126. The number of hydrogen-bond acceptors (Lipinski definition) is 1. The lowest BCUT2D eigenvalue weighted by Gasteiger charge is -2.45. The molecular formula is C21H22O. The van der Waals surface area contributed by atoms with Crippen molar-refractivity contribution in [1.82, 2.24) is 0 Å². The second-order valence-corrected chi connectivity index (χ2v) is 8.42. The van der Waals surface area contributed by atoms with E-state index in [2.05, 4.69) is 18.2 Å². The van der Waals surface area contributed by atoms with Crippen LogP contribution in [0.5, 0.6) is 0 Å². The zero-order chi connectivity index (χ0) is 14.5. The van der Waals surface area contributed by atoms with Crippen LogP contribution < -0.4 is 0 Å². The molecule has 1 heteroatoms. The highest BCUT2D eigenvalue weighted by Crippen LogP contribution is 2.67. The molecule has 0 aliphatic heterocycles. The normalized spacial score (nSPS) is 40.7. The van der Waals surface area contributed by atoms with E-state index in [-0.39, 0.29) is 5.41 Å². The molecule has 8 aliphatic carbocycles. The summed E-state index contributed by atoms with van der Waals surface area (Å²) in [6.45, 7) is 0. The number of carbonyl (C=O) groups excluding carboxylic acids is 1. The van der Waals surface area contributed by atoms with Gasteiger partial charge in [-0.15, -0.1) is 0 Å². The van der Waals surface area contributed by atoms with Crippen LogP contribution >= 0.6 is 0 Å². The summed E-state index contributed by atoms with van der Waals surface area (Å²) >= 11 is 0. The number of hydrogen-bond donors (Lipinski definition) is 0. The van der Waals surface area contributed by atoms with Crippen molar-refractivity contribution in [3.8, 4) is 0 Å². The molecule has 1 aromatic carbocycles. The van der Waals surface area contributed by atoms with Crippen LogP contribution in [0.3, 0.4) is 0 Å². The van der Waals surface area contributed by atoms with Gasteiger partial charge in [0.15, 0.2) is 0 Å². The van der Waals surface area contributed by atoms with E-state index in [4.69, 9.17) is 0 Å². The number of Topliss-reactive ketones (excluding diaryl/α,β-unsaturated/α-hetero) is 1. The maximum absolute atomic E-state index is 13.1. The molecule has 0 amide bonds. The third-order valence-electron chi connectivity index (χ3n) is 7.82. The van der Waals surface area contributed by atoms with Crippen molar-refractivity contribution in [2.45, 2.75) is 57.3 Å². The molecule has 4 atom stereocenters. The molecule has 0 N–H and O–H groups in total. The van der Waals surface area contributed by atoms with Crippen LogP contribution in [-0.4, -0.2) is 5.78 Å². The molecule has 0 saturated heterocycles. The molecule has 8 aliphatic rings. The van der Waals surface area contributed by atoms with Gasteiger partial charge in [-0.05, 0) is 73.5 Å². The first-order chi connectivity index (χ1) is 10.8. The predicted octanol–water partition coefficient (Wildman–Crippen LogP) is 4.35. The number of carbonyl (C=O) groups is 1. The third-order valence-corrected chi connectivity index (χ3v) is 7.82. The van der Waals surface area contributed by atoms with Gasteiger partial charge in [0, 0.05) is 17.8 Å². The average molecular weight is 290 g/mol. The molecule has 0 radical (unpaired) electrons. The Kier molecular flexibility index (Phi) is 2.06. The first-order valence-electron chi connectivity index (χ1n) is 9.12. The standard InChI is InChI=1S/C21H22O/c22-20-10-16-12-2-1-3-15(16)13-4-5-18-17(8-13)14-6-7-21(18,11-14)19(20)9-12/h1-3,13-14,19H,4-11H2. The summed E-state index contributed by atoms with van der Waals surface area (Å²) in [7, 11) is 0. The summed E-state index contributed by atoms with van der Waals surface area (Å²) in [5, 5.41) is 0. The minimum Gasteiger partial charge on any atom is -0.299 e. The Morgan fingerprint density at radius 1 is 1.09 bits per heavy atom. The average Bonchev–Trinajstić information content (AvgIpc) is 3.10. The molecule has 0 aromatic heterocycles. The smallest absolute Gasteiger partial charge is 0.141 e. The van der Waals surface area contributed by atoms with Crippen molar-refractivity contribution in [2.24, 2.45) is 17.3 Å². The summed E-state index contributed by atoms with van der Waals surface area (Å²) in [4.78, 5) is 13.1. The van der Waals surface area contributed by atoms with E-state index >= 15 is 0 Å². The van der Waals surface area contributed by atoms with Crippen LogP contribution in [0.15, 0.2) is 29.3 Å². The molecular weight excluding hydrogens is 268 g/mol. The lowest BCUT2D eigenvalue weighted by atomic mass is 9.58. The van der Waals surface area contributed by atoms with E-state index in [1.807, 2.05) is 0 Å². The SMILES string of the molecule is O=C1Cc2c3cccc2C2CCC4=C(C2)C2CCC4(C2)C1C3. The van der Waals surface area contributed by atoms with Gasteiger partial charge in [-0.3, -0.25) is 4.79 Å². The fraction of sp³-hybridized carbons (Fsp3) is 0.571. The summed E-state index contributed by atoms with van der Waals surface area (Å²) in [6, 6.07) is 6.89. The monoisotopic (exact) mass is 290 g/mol. The zero-order valence-electron chi connectivity index (χ0n) is 13.0.